The van der Waals surface area contributed by atoms with Crippen molar-refractivity contribution in [1.29, 1.82) is 0 Å². The molecule has 8 heavy (non-hydrogen) atoms. The Kier molecular flexibility index (Phi) is 6.98. The van der Waals surface area contributed by atoms with Crippen molar-refractivity contribution in [1.82, 2.24) is 0 Å². The summed E-state index contributed by atoms with van der Waals surface area (Å²) in [5.74, 6) is 1.23. The van der Waals surface area contributed by atoms with Gasteiger partial charge >= 0.3 is 0 Å². The second-order valence-corrected chi connectivity index (χ2v) is 5.38. The third-order valence-electron chi connectivity index (χ3n) is 0.688. The van der Waals surface area contributed by atoms with Crippen molar-refractivity contribution in [2.24, 2.45) is 0 Å². The first-order chi connectivity index (χ1) is 3.85. The first kappa shape index (κ1) is 9.05. The van der Waals surface area contributed by atoms with E-state index in [4.69, 9.17) is 0 Å². The van der Waals surface area contributed by atoms with E-state index in [1.807, 2.05) is 35.3 Å². The standard InChI is InChI=1S/C5H12S3/c1-4-8-5(6-2)7-3/h5H,4H2,1-3H3. The van der Waals surface area contributed by atoms with E-state index >= 15 is 0 Å². The van der Waals surface area contributed by atoms with Crippen molar-refractivity contribution in [3.05, 3.63) is 0 Å². The predicted octanol–water partition coefficient (Wildman–Crippen LogP) is 2.75. The molecule has 0 unspecified atom stereocenters. The quantitative estimate of drug-likeness (QED) is 0.592. The molecule has 0 bridgehead atoms. The van der Waals surface area contributed by atoms with E-state index in [1.165, 1.54) is 5.75 Å². The van der Waals surface area contributed by atoms with Crippen molar-refractivity contribution >= 4 is 35.3 Å². The lowest BCUT2D eigenvalue weighted by molar-refractivity contribution is 1.52. The highest BCUT2D eigenvalue weighted by atomic mass is 32.3. The molecule has 3 heteroatoms. The highest BCUT2D eigenvalue weighted by molar-refractivity contribution is 8.31. The molecule has 0 heterocycles. The number of hydrogen-bond donors (Lipinski definition) is 0. The molecule has 0 aromatic carbocycles. The minimum atomic E-state index is 0.750. The molecule has 0 saturated carbocycles. The number of rotatable bonds is 4. The molecule has 0 fully saturated rings. The van der Waals surface area contributed by atoms with Crippen molar-refractivity contribution in [3.8, 4) is 0 Å². The Hall–Kier alpha value is 1.05. The van der Waals surface area contributed by atoms with Crippen molar-refractivity contribution in [3.63, 3.8) is 0 Å². The molecule has 0 N–H and O–H groups in total. The minimum Gasteiger partial charge on any atom is -0.140 e. The average molecular weight is 168 g/mol. The van der Waals surface area contributed by atoms with Gasteiger partial charge in [-0.15, -0.1) is 35.3 Å². The van der Waals surface area contributed by atoms with Gasteiger partial charge < -0.3 is 0 Å². The van der Waals surface area contributed by atoms with E-state index < -0.39 is 0 Å². The maximum Gasteiger partial charge on any atom is 0.0950 e. The summed E-state index contributed by atoms with van der Waals surface area (Å²) >= 11 is 5.84. The largest absolute Gasteiger partial charge is 0.140 e. The van der Waals surface area contributed by atoms with Crippen molar-refractivity contribution < 1.29 is 0 Å². The fourth-order valence-corrected chi connectivity index (χ4v) is 3.32. The Morgan fingerprint density at radius 3 is 1.88 bits per heavy atom. The molecule has 0 rings (SSSR count). The minimum absolute atomic E-state index is 0.750. The summed E-state index contributed by atoms with van der Waals surface area (Å²) in [6, 6.07) is 0. The van der Waals surface area contributed by atoms with Crippen LogP contribution in [0.15, 0.2) is 0 Å². The Balaban J connectivity index is 3.07. The smallest absolute Gasteiger partial charge is 0.0950 e. The molecule has 0 aromatic rings. The monoisotopic (exact) mass is 168 g/mol. The van der Waals surface area contributed by atoms with E-state index in [0.717, 1.165) is 3.91 Å². The van der Waals surface area contributed by atoms with Gasteiger partial charge in [-0.2, -0.15) is 0 Å². The van der Waals surface area contributed by atoms with Gasteiger partial charge in [0.25, 0.3) is 0 Å². The van der Waals surface area contributed by atoms with Gasteiger partial charge in [-0.3, -0.25) is 0 Å². The molecule has 0 amide bonds. The Bertz CT molecular complexity index is 42.9. The summed E-state index contributed by atoms with van der Waals surface area (Å²) in [5.41, 5.74) is 0. The second-order valence-electron chi connectivity index (χ2n) is 1.22. The van der Waals surface area contributed by atoms with Crippen LogP contribution in [0.25, 0.3) is 0 Å². The molecule has 0 radical (unpaired) electrons. The molecule has 0 aromatic heterocycles. The van der Waals surface area contributed by atoms with Crippen molar-refractivity contribution in [2.75, 3.05) is 18.3 Å². The van der Waals surface area contributed by atoms with Gasteiger partial charge in [0.1, 0.15) is 0 Å². The SMILES string of the molecule is CCSC(SC)SC. The van der Waals surface area contributed by atoms with Crippen LogP contribution in [0.2, 0.25) is 0 Å². The van der Waals surface area contributed by atoms with Gasteiger partial charge in [0.05, 0.1) is 3.91 Å². The predicted molar refractivity (Wildman–Crippen MR) is 49.0 cm³/mol. The molecule has 50 valence electrons. The Morgan fingerprint density at radius 2 is 1.75 bits per heavy atom. The van der Waals surface area contributed by atoms with Crippen LogP contribution < -0.4 is 0 Å². The summed E-state index contributed by atoms with van der Waals surface area (Å²) in [5, 5.41) is 0. The average Bonchev–Trinajstić information content (AvgIpc) is 1.83. The van der Waals surface area contributed by atoms with E-state index in [2.05, 4.69) is 19.4 Å². The van der Waals surface area contributed by atoms with Gasteiger partial charge in [-0.05, 0) is 18.3 Å². The highest BCUT2D eigenvalue weighted by Gasteiger charge is 2.00. The van der Waals surface area contributed by atoms with Crippen LogP contribution in [0.4, 0.5) is 0 Å². The third kappa shape index (κ3) is 3.98. The number of thioether (sulfide) groups is 3. The molecule has 0 saturated heterocycles. The normalized spacial score (nSPS) is 10.5. The van der Waals surface area contributed by atoms with Gasteiger partial charge in [0, 0.05) is 0 Å². The third-order valence-corrected chi connectivity index (χ3v) is 5.19. The summed E-state index contributed by atoms with van der Waals surface area (Å²) in [7, 11) is 0. The summed E-state index contributed by atoms with van der Waals surface area (Å²) in [4.78, 5) is 0. The summed E-state index contributed by atoms with van der Waals surface area (Å²) in [6.45, 7) is 2.20. The Labute approximate surface area is 64.6 Å². The van der Waals surface area contributed by atoms with E-state index in [-0.39, 0.29) is 0 Å². The van der Waals surface area contributed by atoms with Crippen LogP contribution in [-0.4, -0.2) is 22.2 Å². The molecule has 0 aliphatic heterocycles. The van der Waals surface area contributed by atoms with Gasteiger partial charge in [0.2, 0.25) is 0 Å². The van der Waals surface area contributed by atoms with Crippen molar-refractivity contribution in [2.45, 2.75) is 10.8 Å². The topological polar surface area (TPSA) is 0 Å². The molecule has 0 aliphatic carbocycles. The van der Waals surface area contributed by atoms with Gasteiger partial charge in [-0.25, -0.2) is 0 Å². The van der Waals surface area contributed by atoms with Crippen LogP contribution in [0.3, 0.4) is 0 Å². The zero-order valence-electron chi connectivity index (χ0n) is 5.51. The maximum atomic E-state index is 2.20. The molecule has 0 spiro atoms. The van der Waals surface area contributed by atoms with E-state index in [0.29, 0.717) is 0 Å². The fourth-order valence-electron chi connectivity index (χ4n) is 0.368. The van der Waals surface area contributed by atoms with Crippen LogP contribution in [-0.2, 0) is 0 Å². The Morgan fingerprint density at radius 1 is 1.25 bits per heavy atom. The number of hydrogen-bond acceptors (Lipinski definition) is 3. The first-order valence-corrected chi connectivity index (χ1v) is 6.14. The fraction of sp³-hybridized carbons (Fsp3) is 1.00. The van der Waals surface area contributed by atoms with Gasteiger partial charge in [-0.1, -0.05) is 6.92 Å². The zero-order chi connectivity index (χ0) is 6.41. The first-order valence-electron chi connectivity index (χ1n) is 2.52. The van der Waals surface area contributed by atoms with Crippen LogP contribution in [0.5, 0.6) is 0 Å². The molecule has 0 nitrogen and oxygen atoms in total. The van der Waals surface area contributed by atoms with E-state index in [1.54, 1.807) is 0 Å². The zero-order valence-corrected chi connectivity index (χ0v) is 7.96. The maximum absolute atomic E-state index is 2.20. The highest BCUT2D eigenvalue weighted by Crippen LogP contribution is 2.29. The van der Waals surface area contributed by atoms with Gasteiger partial charge in [0.15, 0.2) is 0 Å². The summed E-state index contributed by atoms with van der Waals surface area (Å²) < 4.78 is 0.750. The molecular formula is C5H12S3. The second kappa shape index (κ2) is 6.17. The summed E-state index contributed by atoms with van der Waals surface area (Å²) in [6.07, 6.45) is 4.31. The lowest BCUT2D eigenvalue weighted by Gasteiger charge is -2.07. The lowest BCUT2D eigenvalue weighted by Crippen LogP contribution is -1.86. The molecular weight excluding hydrogens is 156 g/mol. The van der Waals surface area contributed by atoms with Crippen LogP contribution >= 0.6 is 35.3 Å². The van der Waals surface area contributed by atoms with Crippen LogP contribution in [0.1, 0.15) is 6.92 Å². The van der Waals surface area contributed by atoms with E-state index in [9.17, 15) is 0 Å². The molecule has 0 atom stereocenters. The molecule has 0 aliphatic rings. The lowest BCUT2D eigenvalue weighted by atomic mass is 11.0. The van der Waals surface area contributed by atoms with Crippen LogP contribution in [0, 0.1) is 0 Å².